The molecule has 1 aromatic rings. The fourth-order valence-corrected chi connectivity index (χ4v) is 2.43. The van der Waals surface area contributed by atoms with E-state index in [1.165, 1.54) is 6.26 Å². The fraction of sp³-hybridized carbons (Fsp3) is 0.571. The number of amides is 2. The third kappa shape index (κ3) is 2.85. The smallest absolute Gasteiger partial charge is 0.258 e. The molecule has 1 aromatic heterocycles. The van der Waals surface area contributed by atoms with Crippen molar-refractivity contribution in [1.29, 1.82) is 0 Å². The number of hydrogen-bond donors (Lipinski definition) is 2. The lowest BCUT2D eigenvalue weighted by atomic mass is 10.1. The van der Waals surface area contributed by atoms with E-state index < -0.39 is 6.04 Å². The minimum absolute atomic E-state index is 0.116. The second-order valence-electron chi connectivity index (χ2n) is 4.72. The van der Waals surface area contributed by atoms with Gasteiger partial charge in [0.15, 0.2) is 0 Å². The molecule has 6 nitrogen and oxygen atoms in total. The maximum atomic E-state index is 12.6. The van der Waals surface area contributed by atoms with Crippen LogP contribution in [0.25, 0.3) is 0 Å². The van der Waals surface area contributed by atoms with Gasteiger partial charge in [0.05, 0.1) is 11.8 Å². The summed E-state index contributed by atoms with van der Waals surface area (Å²) in [6.07, 6.45) is 2.18. The van der Waals surface area contributed by atoms with Gasteiger partial charge in [-0.15, -0.1) is 0 Å². The van der Waals surface area contributed by atoms with Gasteiger partial charge in [0.1, 0.15) is 11.8 Å². The predicted molar refractivity (Wildman–Crippen MR) is 74.5 cm³/mol. The highest BCUT2D eigenvalue weighted by atomic mass is 16.3. The van der Waals surface area contributed by atoms with Gasteiger partial charge in [0.25, 0.3) is 5.91 Å². The van der Waals surface area contributed by atoms with E-state index in [2.05, 4.69) is 10.6 Å². The molecule has 0 saturated carbocycles. The van der Waals surface area contributed by atoms with Gasteiger partial charge in [-0.2, -0.15) is 0 Å². The number of carbonyl (C=O) groups excluding carboxylic acids is 2. The molecule has 6 heteroatoms. The largest absolute Gasteiger partial charge is 0.469 e. The molecule has 20 heavy (non-hydrogen) atoms. The van der Waals surface area contributed by atoms with Crippen molar-refractivity contribution in [2.75, 3.05) is 26.2 Å². The number of aryl methyl sites for hydroxylation is 1. The molecule has 0 aromatic carbocycles. The monoisotopic (exact) mass is 279 g/mol. The summed E-state index contributed by atoms with van der Waals surface area (Å²) in [6, 6.07) is 1.22. The van der Waals surface area contributed by atoms with E-state index in [9.17, 15) is 9.59 Å². The van der Waals surface area contributed by atoms with Gasteiger partial charge < -0.3 is 20.0 Å². The van der Waals surface area contributed by atoms with E-state index in [0.717, 1.165) is 0 Å². The molecule has 110 valence electrons. The lowest BCUT2D eigenvalue weighted by Crippen LogP contribution is -2.59. The summed E-state index contributed by atoms with van der Waals surface area (Å²) in [5, 5.41) is 5.93. The third-order valence-corrected chi connectivity index (χ3v) is 3.45. The third-order valence-electron chi connectivity index (χ3n) is 3.45. The summed E-state index contributed by atoms with van der Waals surface area (Å²) in [4.78, 5) is 26.3. The van der Waals surface area contributed by atoms with E-state index in [0.29, 0.717) is 43.9 Å². The molecular formula is C14H21N3O3. The normalized spacial score (nSPS) is 18.9. The maximum Gasteiger partial charge on any atom is 0.258 e. The Morgan fingerprint density at radius 1 is 1.50 bits per heavy atom. The van der Waals surface area contributed by atoms with Crippen LogP contribution in [0, 0.1) is 0 Å². The second kappa shape index (κ2) is 6.56. The number of likely N-dealkylation sites (N-methyl/N-ethyl adjacent to an activating group) is 1. The highest BCUT2D eigenvalue weighted by Gasteiger charge is 2.33. The summed E-state index contributed by atoms with van der Waals surface area (Å²) in [5.74, 6) is 0.422. The van der Waals surface area contributed by atoms with E-state index in [-0.39, 0.29) is 11.8 Å². The minimum atomic E-state index is -0.462. The number of nitrogens with one attached hydrogen (secondary N) is 2. The fourth-order valence-electron chi connectivity index (χ4n) is 2.43. The summed E-state index contributed by atoms with van der Waals surface area (Å²) in [7, 11) is 0. The highest BCUT2D eigenvalue weighted by molar-refractivity contribution is 5.98. The van der Waals surface area contributed by atoms with Gasteiger partial charge >= 0.3 is 0 Å². The molecular weight excluding hydrogens is 258 g/mol. The number of furan rings is 1. The maximum absolute atomic E-state index is 12.6. The SMILES string of the molecule is CCNC(=O)C1CNCCN1C(=O)c1ccoc1CC. The lowest BCUT2D eigenvalue weighted by molar-refractivity contribution is -0.126. The second-order valence-corrected chi connectivity index (χ2v) is 4.72. The van der Waals surface area contributed by atoms with Gasteiger partial charge in [0.2, 0.25) is 5.91 Å². The van der Waals surface area contributed by atoms with Crippen molar-refractivity contribution < 1.29 is 14.0 Å². The Hall–Kier alpha value is -1.82. The van der Waals surface area contributed by atoms with Crippen molar-refractivity contribution in [3.8, 4) is 0 Å². The van der Waals surface area contributed by atoms with Crippen LogP contribution in [-0.4, -0.2) is 48.9 Å². The first kappa shape index (κ1) is 14.6. The molecule has 2 N–H and O–H groups in total. The first-order valence-corrected chi connectivity index (χ1v) is 7.04. The molecule has 0 radical (unpaired) electrons. The highest BCUT2D eigenvalue weighted by Crippen LogP contribution is 2.16. The van der Waals surface area contributed by atoms with Crippen LogP contribution >= 0.6 is 0 Å². The molecule has 1 atom stereocenters. The zero-order valence-electron chi connectivity index (χ0n) is 11.9. The molecule has 0 spiro atoms. The number of rotatable bonds is 4. The van der Waals surface area contributed by atoms with Crippen LogP contribution in [0.2, 0.25) is 0 Å². The Balaban J connectivity index is 2.19. The molecule has 1 aliphatic heterocycles. The van der Waals surface area contributed by atoms with Crippen molar-refractivity contribution in [3.05, 3.63) is 23.7 Å². The quantitative estimate of drug-likeness (QED) is 0.836. The van der Waals surface area contributed by atoms with Crippen LogP contribution < -0.4 is 10.6 Å². The molecule has 0 aliphatic carbocycles. The zero-order valence-corrected chi connectivity index (χ0v) is 11.9. The van der Waals surface area contributed by atoms with Gasteiger partial charge in [-0.05, 0) is 13.0 Å². The lowest BCUT2D eigenvalue weighted by Gasteiger charge is -2.35. The van der Waals surface area contributed by atoms with Crippen molar-refractivity contribution in [1.82, 2.24) is 15.5 Å². The Morgan fingerprint density at radius 3 is 3.00 bits per heavy atom. The topological polar surface area (TPSA) is 74.6 Å². The first-order chi connectivity index (χ1) is 9.69. The number of carbonyl (C=O) groups is 2. The van der Waals surface area contributed by atoms with Crippen LogP contribution in [0.15, 0.2) is 16.7 Å². The predicted octanol–water partition coefficient (Wildman–Crippen LogP) is 0.392. The molecule has 2 rings (SSSR count). The van der Waals surface area contributed by atoms with Gasteiger partial charge in [0, 0.05) is 32.6 Å². The Labute approximate surface area is 118 Å². The molecule has 2 amide bonds. The van der Waals surface area contributed by atoms with E-state index in [1.807, 2.05) is 13.8 Å². The Bertz CT molecular complexity index is 484. The molecule has 0 bridgehead atoms. The van der Waals surface area contributed by atoms with Crippen molar-refractivity contribution in [2.45, 2.75) is 26.3 Å². The summed E-state index contributed by atoms with van der Waals surface area (Å²) >= 11 is 0. The molecule has 1 saturated heterocycles. The van der Waals surface area contributed by atoms with Crippen LogP contribution in [-0.2, 0) is 11.2 Å². The average Bonchev–Trinajstić information content (AvgIpc) is 2.95. The van der Waals surface area contributed by atoms with Crippen LogP contribution in [0.4, 0.5) is 0 Å². The Kier molecular flexibility index (Phi) is 4.79. The summed E-state index contributed by atoms with van der Waals surface area (Å²) < 4.78 is 5.31. The molecule has 1 unspecified atom stereocenters. The average molecular weight is 279 g/mol. The first-order valence-electron chi connectivity index (χ1n) is 7.04. The van der Waals surface area contributed by atoms with Gasteiger partial charge in [-0.3, -0.25) is 9.59 Å². The summed E-state index contributed by atoms with van der Waals surface area (Å²) in [6.45, 7) is 6.07. The number of piperazine rings is 1. The van der Waals surface area contributed by atoms with Gasteiger partial charge in [-0.1, -0.05) is 6.92 Å². The van der Waals surface area contributed by atoms with Crippen LogP contribution in [0.3, 0.4) is 0 Å². The molecule has 1 aliphatic rings. The van der Waals surface area contributed by atoms with Crippen molar-refractivity contribution in [3.63, 3.8) is 0 Å². The Morgan fingerprint density at radius 2 is 2.30 bits per heavy atom. The molecule has 2 heterocycles. The zero-order chi connectivity index (χ0) is 14.5. The van der Waals surface area contributed by atoms with E-state index >= 15 is 0 Å². The minimum Gasteiger partial charge on any atom is -0.469 e. The van der Waals surface area contributed by atoms with Crippen molar-refractivity contribution in [2.24, 2.45) is 0 Å². The number of hydrogen-bond acceptors (Lipinski definition) is 4. The van der Waals surface area contributed by atoms with Crippen LogP contribution in [0.1, 0.15) is 30.0 Å². The van der Waals surface area contributed by atoms with Crippen molar-refractivity contribution >= 4 is 11.8 Å². The standard InChI is InChI=1S/C14H21N3O3/c1-3-12-10(5-8-20-12)14(19)17-7-6-15-9-11(17)13(18)16-4-2/h5,8,11,15H,3-4,6-7,9H2,1-2H3,(H,16,18). The van der Waals surface area contributed by atoms with E-state index in [4.69, 9.17) is 4.42 Å². The van der Waals surface area contributed by atoms with Gasteiger partial charge in [-0.25, -0.2) is 0 Å². The molecule has 1 fully saturated rings. The number of nitrogens with zero attached hydrogens (tertiary/aromatic N) is 1. The van der Waals surface area contributed by atoms with E-state index in [1.54, 1.807) is 11.0 Å². The van der Waals surface area contributed by atoms with Crippen LogP contribution in [0.5, 0.6) is 0 Å². The summed E-state index contributed by atoms with van der Waals surface area (Å²) in [5.41, 5.74) is 0.559.